The van der Waals surface area contributed by atoms with Crippen LogP contribution in [0.2, 0.25) is 0 Å². The van der Waals surface area contributed by atoms with Crippen LogP contribution in [0.3, 0.4) is 0 Å². The van der Waals surface area contributed by atoms with Gasteiger partial charge in [-0.3, -0.25) is 0 Å². The molecule has 2 N–H and O–H groups in total. The molecule has 2 aliphatic rings. The predicted octanol–water partition coefficient (Wildman–Crippen LogP) is 3.23. The van der Waals surface area contributed by atoms with E-state index >= 15 is 0 Å². The molecular weight excluding hydrogens is 262 g/mol. The third kappa shape index (κ3) is 2.39. The van der Waals surface area contributed by atoms with Gasteiger partial charge in [0.25, 0.3) is 0 Å². The maximum atomic E-state index is 12.6. The number of aromatic nitrogens is 1. The van der Waals surface area contributed by atoms with E-state index in [0.717, 1.165) is 30.4 Å². The van der Waals surface area contributed by atoms with Crippen LogP contribution in [0.25, 0.3) is 0 Å². The highest BCUT2D eigenvalue weighted by molar-refractivity contribution is 5.36. The number of ether oxygens (including phenoxy) is 1. The third-order valence-electron chi connectivity index (χ3n) is 4.49. The molecule has 1 spiro atoms. The van der Waals surface area contributed by atoms with E-state index in [1.807, 2.05) is 6.07 Å². The molecule has 2 atom stereocenters. The minimum atomic E-state index is -2.31. The highest BCUT2D eigenvalue weighted by atomic mass is 19.3. The second-order valence-electron chi connectivity index (χ2n) is 6.20. The van der Waals surface area contributed by atoms with Crippen LogP contribution in [0.4, 0.5) is 8.78 Å². The summed E-state index contributed by atoms with van der Waals surface area (Å²) >= 11 is 0. The van der Waals surface area contributed by atoms with E-state index in [1.165, 1.54) is 6.42 Å². The Morgan fingerprint density at radius 3 is 2.85 bits per heavy atom. The van der Waals surface area contributed by atoms with Crippen molar-refractivity contribution in [2.45, 2.75) is 57.1 Å². The molecule has 0 aromatic carbocycles. The van der Waals surface area contributed by atoms with Crippen molar-refractivity contribution >= 4 is 0 Å². The first kappa shape index (κ1) is 13.7. The van der Waals surface area contributed by atoms with Crippen molar-refractivity contribution in [2.75, 3.05) is 0 Å². The fourth-order valence-electron chi connectivity index (χ4n) is 3.07. The van der Waals surface area contributed by atoms with Crippen molar-refractivity contribution in [3.63, 3.8) is 0 Å². The van der Waals surface area contributed by atoms with Crippen LogP contribution in [-0.2, 0) is 6.42 Å². The van der Waals surface area contributed by atoms with E-state index in [1.54, 1.807) is 13.1 Å². The van der Waals surface area contributed by atoms with Gasteiger partial charge in [0, 0.05) is 30.1 Å². The number of pyridine rings is 1. The van der Waals surface area contributed by atoms with Crippen LogP contribution in [0, 0.1) is 5.92 Å². The Kier molecular flexibility index (Phi) is 3.40. The number of nitrogens with two attached hydrogens (primary N) is 1. The maximum absolute atomic E-state index is 12.6. The lowest BCUT2D eigenvalue weighted by Crippen LogP contribution is -2.48. The Morgan fingerprint density at radius 1 is 1.50 bits per heavy atom. The van der Waals surface area contributed by atoms with Crippen LogP contribution in [0.1, 0.15) is 49.8 Å². The smallest absolute Gasteiger partial charge is 0.241 e. The van der Waals surface area contributed by atoms with E-state index in [-0.39, 0.29) is 11.6 Å². The zero-order valence-electron chi connectivity index (χ0n) is 11.6. The van der Waals surface area contributed by atoms with Gasteiger partial charge in [-0.1, -0.05) is 6.92 Å². The molecule has 0 amide bonds. The summed E-state index contributed by atoms with van der Waals surface area (Å²) in [6, 6.07) is 1.78. The number of fused-ring (bicyclic) bond motifs is 1. The van der Waals surface area contributed by atoms with Crippen molar-refractivity contribution < 1.29 is 13.5 Å². The van der Waals surface area contributed by atoms with Gasteiger partial charge in [0.2, 0.25) is 12.3 Å². The van der Waals surface area contributed by atoms with Crippen molar-refractivity contribution in [2.24, 2.45) is 11.7 Å². The Hall–Kier alpha value is -1.23. The fourth-order valence-corrected chi connectivity index (χ4v) is 3.07. The van der Waals surface area contributed by atoms with Gasteiger partial charge in [-0.15, -0.1) is 0 Å². The first-order chi connectivity index (χ1) is 9.49. The van der Waals surface area contributed by atoms with E-state index in [0.29, 0.717) is 12.3 Å². The highest BCUT2D eigenvalue weighted by Gasteiger charge is 2.45. The SMILES string of the molecule is CC(Cc1cnc2c(c1)[C@@H](N)CC1(CCC1)O2)C(F)F. The number of alkyl halides is 2. The van der Waals surface area contributed by atoms with Crippen molar-refractivity contribution in [3.8, 4) is 5.88 Å². The minimum Gasteiger partial charge on any atom is -0.471 e. The van der Waals surface area contributed by atoms with Crippen molar-refractivity contribution in [3.05, 3.63) is 23.4 Å². The van der Waals surface area contributed by atoms with Crippen LogP contribution >= 0.6 is 0 Å². The van der Waals surface area contributed by atoms with Crippen LogP contribution in [0.15, 0.2) is 12.3 Å². The summed E-state index contributed by atoms with van der Waals surface area (Å²) in [5, 5.41) is 0. The molecule has 1 aliphatic heterocycles. The van der Waals surface area contributed by atoms with E-state index in [9.17, 15) is 8.78 Å². The molecule has 5 heteroatoms. The van der Waals surface area contributed by atoms with Gasteiger partial charge in [0.1, 0.15) is 5.60 Å². The summed E-state index contributed by atoms with van der Waals surface area (Å²) in [4.78, 5) is 4.31. The van der Waals surface area contributed by atoms with Gasteiger partial charge in [-0.2, -0.15) is 0 Å². The zero-order chi connectivity index (χ0) is 14.3. The molecule has 1 aliphatic carbocycles. The molecular formula is C15H20F2N2O. The lowest BCUT2D eigenvalue weighted by Gasteiger charge is -2.46. The van der Waals surface area contributed by atoms with Crippen LogP contribution in [-0.4, -0.2) is 17.0 Å². The molecule has 0 radical (unpaired) electrons. The molecule has 20 heavy (non-hydrogen) atoms. The van der Waals surface area contributed by atoms with E-state index in [4.69, 9.17) is 10.5 Å². The summed E-state index contributed by atoms with van der Waals surface area (Å²) < 4.78 is 31.2. The molecule has 0 bridgehead atoms. The maximum Gasteiger partial charge on any atom is 0.241 e. The second kappa shape index (κ2) is 4.95. The van der Waals surface area contributed by atoms with Gasteiger partial charge in [-0.25, -0.2) is 13.8 Å². The molecule has 1 aromatic rings. The molecule has 110 valence electrons. The molecule has 3 nitrogen and oxygen atoms in total. The second-order valence-corrected chi connectivity index (χ2v) is 6.20. The minimum absolute atomic E-state index is 0.103. The fraction of sp³-hybridized carbons (Fsp3) is 0.667. The average Bonchev–Trinajstić information content (AvgIpc) is 2.37. The monoisotopic (exact) mass is 282 g/mol. The van der Waals surface area contributed by atoms with Crippen LogP contribution < -0.4 is 10.5 Å². The average molecular weight is 282 g/mol. The first-order valence-corrected chi connectivity index (χ1v) is 7.21. The van der Waals surface area contributed by atoms with Gasteiger partial charge in [0.15, 0.2) is 0 Å². The van der Waals surface area contributed by atoms with E-state index in [2.05, 4.69) is 4.98 Å². The first-order valence-electron chi connectivity index (χ1n) is 7.21. The molecule has 2 heterocycles. The number of rotatable bonds is 3. The quantitative estimate of drug-likeness (QED) is 0.926. The topological polar surface area (TPSA) is 48.1 Å². The van der Waals surface area contributed by atoms with Crippen LogP contribution in [0.5, 0.6) is 5.88 Å². The number of halogens is 2. The summed E-state index contributed by atoms with van der Waals surface area (Å²) in [6.07, 6.45) is 3.69. The van der Waals surface area contributed by atoms with Crippen molar-refractivity contribution in [1.82, 2.24) is 4.98 Å². The largest absolute Gasteiger partial charge is 0.471 e. The Morgan fingerprint density at radius 2 is 2.25 bits per heavy atom. The Bertz CT molecular complexity index is 503. The number of nitrogens with zero attached hydrogens (tertiary/aromatic N) is 1. The van der Waals surface area contributed by atoms with Crippen molar-refractivity contribution in [1.29, 1.82) is 0 Å². The number of hydrogen-bond acceptors (Lipinski definition) is 3. The van der Waals surface area contributed by atoms with Gasteiger partial charge >= 0.3 is 0 Å². The molecule has 1 fully saturated rings. The lowest BCUT2D eigenvalue weighted by molar-refractivity contribution is -0.0369. The summed E-state index contributed by atoms with van der Waals surface area (Å²) in [5.41, 5.74) is 7.78. The summed E-state index contributed by atoms with van der Waals surface area (Å²) in [6.45, 7) is 1.55. The summed E-state index contributed by atoms with van der Waals surface area (Å²) in [7, 11) is 0. The molecule has 1 unspecified atom stereocenters. The standard InChI is InChI=1S/C15H20F2N2O/c1-9(13(16)17)5-10-6-11-12(18)7-15(3-2-4-15)20-14(11)19-8-10/h6,8-9,12-13H,2-5,7,18H2,1H3/t9?,12-/m0/s1. The van der Waals surface area contributed by atoms with Gasteiger partial charge < -0.3 is 10.5 Å². The highest BCUT2D eigenvalue weighted by Crippen LogP contribution is 2.47. The third-order valence-corrected chi connectivity index (χ3v) is 4.49. The Balaban J connectivity index is 1.81. The predicted molar refractivity (Wildman–Crippen MR) is 71.9 cm³/mol. The van der Waals surface area contributed by atoms with Gasteiger partial charge in [0.05, 0.1) is 0 Å². The van der Waals surface area contributed by atoms with Gasteiger partial charge in [-0.05, 0) is 37.3 Å². The van der Waals surface area contributed by atoms with E-state index < -0.39 is 12.3 Å². The normalized spacial score (nSPS) is 24.9. The molecule has 1 aromatic heterocycles. The molecule has 0 saturated heterocycles. The molecule has 1 saturated carbocycles. The zero-order valence-corrected chi connectivity index (χ0v) is 11.6. The summed E-state index contributed by atoms with van der Waals surface area (Å²) in [5.74, 6) is -0.0783. The Labute approximate surface area is 117 Å². The molecule has 3 rings (SSSR count). The number of hydrogen-bond donors (Lipinski definition) is 1. The lowest BCUT2D eigenvalue weighted by atomic mass is 9.73.